The van der Waals surface area contributed by atoms with E-state index in [0.29, 0.717) is 30.0 Å². The molecule has 0 fully saturated rings. The van der Waals surface area contributed by atoms with Crippen LogP contribution < -0.4 is 10.1 Å². The summed E-state index contributed by atoms with van der Waals surface area (Å²) in [6.45, 7) is 9.40. The molecular formula is C22H27N5O2S. The molecule has 0 aliphatic heterocycles. The van der Waals surface area contributed by atoms with E-state index in [4.69, 9.17) is 4.74 Å². The van der Waals surface area contributed by atoms with Crippen LogP contribution in [0.3, 0.4) is 0 Å². The van der Waals surface area contributed by atoms with Gasteiger partial charge in [-0.2, -0.15) is 0 Å². The number of anilines is 1. The standard InChI is InChI=1S/C22H27N5O2S/c1-5-27-20(13-29-18-12-16(4)9-10-17(18)15(2)3)25-26-22(27)30-14-21(28)24-19-8-6-7-11-23-19/h6-12,15H,5,13-14H2,1-4H3,(H,23,24,28). The molecule has 0 saturated carbocycles. The van der Waals surface area contributed by atoms with E-state index in [2.05, 4.69) is 59.5 Å². The fourth-order valence-electron chi connectivity index (χ4n) is 2.98. The van der Waals surface area contributed by atoms with Crippen LogP contribution in [0.2, 0.25) is 0 Å². The molecule has 8 heteroatoms. The summed E-state index contributed by atoms with van der Waals surface area (Å²) in [4.78, 5) is 16.3. The molecule has 2 heterocycles. The predicted molar refractivity (Wildman–Crippen MR) is 119 cm³/mol. The first kappa shape index (κ1) is 21.8. The largest absolute Gasteiger partial charge is 0.485 e. The summed E-state index contributed by atoms with van der Waals surface area (Å²) in [5.74, 6) is 2.61. The zero-order chi connectivity index (χ0) is 21.5. The van der Waals surface area contributed by atoms with Crippen LogP contribution in [0.5, 0.6) is 5.75 Å². The SMILES string of the molecule is CCn1c(COc2cc(C)ccc2C(C)C)nnc1SCC(=O)Nc1ccccn1. The van der Waals surface area contributed by atoms with Crippen LogP contribution in [0.1, 0.15) is 43.6 Å². The molecule has 0 aliphatic rings. The number of pyridine rings is 1. The summed E-state index contributed by atoms with van der Waals surface area (Å²) in [6, 6.07) is 11.7. The molecular weight excluding hydrogens is 398 g/mol. The zero-order valence-corrected chi connectivity index (χ0v) is 18.6. The zero-order valence-electron chi connectivity index (χ0n) is 17.8. The van der Waals surface area contributed by atoms with Gasteiger partial charge in [-0.15, -0.1) is 10.2 Å². The topological polar surface area (TPSA) is 81.9 Å². The molecule has 2 aromatic heterocycles. The number of amides is 1. The molecule has 0 spiro atoms. The molecule has 1 amide bonds. The molecule has 0 radical (unpaired) electrons. The number of aromatic nitrogens is 4. The fourth-order valence-corrected chi connectivity index (χ4v) is 3.80. The van der Waals surface area contributed by atoms with Gasteiger partial charge in [0.25, 0.3) is 0 Å². The van der Waals surface area contributed by atoms with Crippen molar-refractivity contribution in [3.05, 3.63) is 59.5 Å². The maximum absolute atomic E-state index is 12.2. The molecule has 30 heavy (non-hydrogen) atoms. The van der Waals surface area contributed by atoms with Crippen molar-refractivity contribution in [3.8, 4) is 5.75 Å². The maximum atomic E-state index is 12.2. The third kappa shape index (κ3) is 5.60. The smallest absolute Gasteiger partial charge is 0.236 e. The highest BCUT2D eigenvalue weighted by molar-refractivity contribution is 7.99. The number of carbonyl (C=O) groups is 1. The van der Waals surface area contributed by atoms with Crippen LogP contribution in [-0.2, 0) is 17.9 Å². The Kier molecular flexibility index (Phi) is 7.46. The molecule has 3 aromatic rings. The van der Waals surface area contributed by atoms with E-state index < -0.39 is 0 Å². The number of carbonyl (C=O) groups excluding carboxylic acids is 1. The normalized spacial score (nSPS) is 11.0. The highest BCUT2D eigenvalue weighted by Crippen LogP contribution is 2.28. The summed E-state index contributed by atoms with van der Waals surface area (Å²) >= 11 is 1.35. The van der Waals surface area contributed by atoms with Crippen molar-refractivity contribution in [3.63, 3.8) is 0 Å². The van der Waals surface area contributed by atoms with E-state index in [0.717, 1.165) is 17.1 Å². The third-order valence-corrected chi connectivity index (χ3v) is 5.49. The minimum absolute atomic E-state index is 0.136. The summed E-state index contributed by atoms with van der Waals surface area (Å²) in [6.07, 6.45) is 1.64. The molecule has 3 rings (SSSR count). The molecule has 1 N–H and O–H groups in total. The second-order valence-corrected chi connectivity index (χ2v) is 8.12. The summed E-state index contributed by atoms with van der Waals surface area (Å²) in [7, 11) is 0. The molecule has 0 saturated heterocycles. The lowest BCUT2D eigenvalue weighted by Gasteiger charge is -2.15. The number of benzene rings is 1. The van der Waals surface area contributed by atoms with Crippen molar-refractivity contribution in [1.82, 2.24) is 19.7 Å². The van der Waals surface area contributed by atoms with Gasteiger partial charge in [0, 0.05) is 12.7 Å². The van der Waals surface area contributed by atoms with Crippen molar-refractivity contribution >= 4 is 23.5 Å². The molecule has 0 atom stereocenters. The number of hydrogen-bond donors (Lipinski definition) is 1. The number of hydrogen-bond acceptors (Lipinski definition) is 6. The van der Waals surface area contributed by atoms with Crippen LogP contribution in [0, 0.1) is 6.92 Å². The molecule has 0 aliphatic carbocycles. The Morgan fingerprint density at radius 3 is 2.77 bits per heavy atom. The maximum Gasteiger partial charge on any atom is 0.236 e. The summed E-state index contributed by atoms with van der Waals surface area (Å²) in [5.41, 5.74) is 2.32. The average Bonchev–Trinajstić information content (AvgIpc) is 3.13. The Morgan fingerprint density at radius 2 is 2.07 bits per heavy atom. The van der Waals surface area contributed by atoms with E-state index in [1.807, 2.05) is 17.6 Å². The molecule has 0 bridgehead atoms. The Labute approximate surface area is 181 Å². The number of ether oxygens (including phenoxy) is 1. The first-order valence-corrected chi connectivity index (χ1v) is 11.0. The van der Waals surface area contributed by atoms with Gasteiger partial charge >= 0.3 is 0 Å². The predicted octanol–water partition coefficient (Wildman–Crippen LogP) is 4.43. The number of nitrogens with zero attached hydrogens (tertiary/aromatic N) is 4. The van der Waals surface area contributed by atoms with Gasteiger partial charge in [0.1, 0.15) is 18.2 Å². The minimum atomic E-state index is -0.136. The van der Waals surface area contributed by atoms with Crippen molar-refractivity contribution in [2.45, 2.75) is 51.9 Å². The van der Waals surface area contributed by atoms with Crippen LogP contribution in [0.25, 0.3) is 0 Å². The van der Waals surface area contributed by atoms with Gasteiger partial charge in [-0.05, 0) is 49.1 Å². The minimum Gasteiger partial charge on any atom is -0.485 e. The molecule has 7 nitrogen and oxygen atoms in total. The number of thioether (sulfide) groups is 1. The van der Waals surface area contributed by atoms with Gasteiger partial charge in [0.2, 0.25) is 5.91 Å². The first-order valence-electron chi connectivity index (χ1n) is 9.97. The van der Waals surface area contributed by atoms with Crippen LogP contribution in [-0.4, -0.2) is 31.4 Å². The summed E-state index contributed by atoms with van der Waals surface area (Å²) < 4.78 is 8.08. The van der Waals surface area contributed by atoms with E-state index >= 15 is 0 Å². The highest BCUT2D eigenvalue weighted by Gasteiger charge is 2.15. The fraction of sp³-hybridized carbons (Fsp3) is 0.364. The van der Waals surface area contributed by atoms with Gasteiger partial charge in [-0.3, -0.25) is 4.79 Å². The van der Waals surface area contributed by atoms with E-state index in [1.165, 1.54) is 17.3 Å². The monoisotopic (exact) mass is 425 g/mol. The third-order valence-electron chi connectivity index (χ3n) is 4.52. The molecule has 1 aromatic carbocycles. The lowest BCUT2D eigenvalue weighted by molar-refractivity contribution is -0.113. The second kappa shape index (κ2) is 10.2. The molecule has 0 unspecified atom stereocenters. The van der Waals surface area contributed by atoms with Crippen LogP contribution in [0.15, 0.2) is 47.8 Å². The van der Waals surface area contributed by atoms with Gasteiger partial charge in [0.05, 0.1) is 5.75 Å². The lowest BCUT2D eigenvalue weighted by Crippen LogP contribution is -2.15. The van der Waals surface area contributed by atoms with Crippen molar-refractivity contribution < 1.29 is 9.53 Å². The van der Waals surface area contributed by atoms with Crippen LogP contribution >= 0.6 is 11.8 Å². The van der Waals surface area contributed by atoms with Gasteiger partial charge < -0.3 is 14.6 Å². The summed E-state index contributed by atoms with van der Waals surface area (Å²) in [5, 5.41) is 12.0. The quantitative estimate of drug-likeness (QED) is 0.511. The van der Waals surface area contributed by atoms with Gasteiger partial charge in [-0.25, -0.2) is 4.98 Å². The highest BCUT2D eigenvalue weighted by atomic mass is 32.2. The van der Waals surface area contributed by atoms with E-state index in [-0.39, 0.29) is 11.7 Å². The Hall–Kier alpha value is -2.87. The van der Waals surface area contributed by atoms with Crippen molar-refractivity contribution in [1.29, 1.82) is 0 Å². The van der Waals surface area contributed by atoms with E-state index in [1.54, 1.807) is 18.3 Å². The van der Waals surface area contributed by atoms with E-state index in [9.17, 15) is 4.79 Å². The number of aryl methyl sites for hydroxylation is 1. The number of rotatable bonds is 9. The van der Waals surface area contributed by atoms with Crippen molar-refractivity contribution in [2.24, 2.45) is 0 Å². The Balaban J connectivity index is 1.63. The van der Waals surface area contributed by atoms with Gasteiger partial charge in [0.15, 0.2) is 11.0 Å². The van der Waals surface area contributed by atoms with Crippen LogP contribution in [0.4, 0.5) is 5.82 Å². The van der Waals surface area contributed by atoms with Crippen molar-refractivity contribution in [2.75, 3.05) is 11.1 Å². The number of nitrogens with one attached hydrogen (secondary N) is 1. The van der Waals surface area contributed by atoms with Gasteiger partial charge in [-0.1, -0.05) is 43.8 Å². The first-order chi connectivity index (χ1) is 14.5. The Morgan fingerprint density at radius 1 is 1.23 bits per heavy atom. The second-order valence-electron chi connectivity index (χ2n) is 7.18. The molecule has 158 valence electrons. The average molecular weight is 426 g/mol. The lowest BCUT2D eigenvalue weighted by atomic mass is 10.0. The Bertz CT molecular complexity index is 988.